The van der Waals surface area contributed by atoms with Crippen molar-refractivity contribution in [2.24, 2.45) is 0 Å². The largest absolute Gasteiger partial charge is 0.399 e. The zero-order chi connectivity index (χ0) is 13.7. The van der Waals surface area contributed by atoms with Crippen LogP contribution < -0.4 is 16.4 Å². The van der Waals surface area contributed by atoms with Crippen molar-refractivity contribution in [1.29, 1.82) is 0 Å². The Morgan fingerprint density at radius 2 is 2.11 bits per heavy atom. The first-order chi connectivity index (χ1) is 9.15. The highest BCUT2D eigenvalue weighted by Crippen LogP contribution is 2.11. The topological polar surface area (TPSA) is 87.5 Å². The van der Waals surface area contributed by atoms with Crippen LogP contribution in [0.1, 0.15) is 12.8 Å². The molecule has 3 amide bonds. The van der Waals surface area contributed by atoms with Crippen LogP contribution in [-0.2, 0) is 4.79 Å². The number of hydrogen-bond donors (Lipinski definition) is 3. The molecule has 1 aliphatic heterocycles. The van der Waals surface area contributed by atoms with Gasteiger partial charge in [-0.15, -0.1) is 0 Å². The van der Waals surface area contributed by atoms with Crippen LogP contribution in [0.15, 0.2) is 24.3 Å². The van der Waals surface area contributed by atoms with E-state index in [1.165, 1.54) is 0 Å². The molecule has 0 atom stereocenters. The minimum absolute atomic E-state index is 0.0426. The van der Waals surface area contributed by atoms with Gasteiger partial charge < -0.3 is 21.3 Å². The molecule has 19 heavy (non-hydrogen) atoms. The normalized spacial score (nSPS) is 14.3. The fraction of sp³-hybridized carbons (Fsp3) is 0.385. The molecule has 0 aliphatic carbocycles. The Hall–Kier alpha value is -2.24. The molecule has 2 rings (SSSR count). The fourth-order valence-corrected chi connectivity index (χ4v) is 1.94. The average molecular weight is 262 g/mol. The number of urea groups is 1. The third kappa shape index (κ3) is 3.87. The third-order valence-electron chi connectivity index (χ3n) is 2.97. The zero-order valence-electron chi connectivity index (χ0n) is 10.7. The van der Waals surface area contributed by atoms with E-state index in [4.69, 9.17) is 5.73 Å². The highest BCUT2D eigenvalue weighted by Gasteiger charge is 2.18. The zero-order valence-corrected chi connectivity index (χ0v) is 10.7. The molecule has 6 heteroatoms. The molecular formula is C13H18N4O2. The molecule has 1 saturated heterocycles. The number of carbonyl (C=O) groups excluding carboxylic acids is 2. The van der Waals surface area contributed by atoms with Crippen molar-refractivity contribution < 1.29 is 9.59 Å². The van der Waals surface area contributed by atoms with E-state index in [2.05, 4.69) is 10.6 Å². The first-order valence-electron chi connectivity index (χ1n) is 6.33. The summed E-state index contributed by atoms with van der Waals surface area (Å²) in [5.41, 5.74) is 6.96. The van der Waals surface area contributed by atoms with Gasteiger partial charge in [0.2, 0.25) is 5.91 Å². The third-order valence-corrected chi connectivity index (χ3v) is 2.97. The SMILES string of the molecule is Nc1ccc(NC(=O)CCCN2CCNC2=O)cc1. The molecule has 1 heterocycles. The molecule has 0 aromatic heterocycles. The van der Waals surface area contributed by atoms with Gasteiger partial charge in [-0.2, -0.15) is 0 Å². The quantitative estimate of drug-likeness (QED) is 0.692. The highest BCUT2D eigenvalue weighted by molar-refractivity contribution is 5.90. The Balaban J connectivity index is 1.69. The molecule has 102 valence electrons. The first kappa shape index (κ1) is 13.2. The maximum absolute atomic E-state index is 11.7. The van der Waals surface area contributed by atoms with E-state index in [1.54, 1.807) is 29.2 Å². The van der Waals surface area contributed by atoms with Gasteiger partial charge in [-0.05, 0) is 30.7 Å². The molecule has 0 unspecified atom stereocenters. The summed E-state index contributed by atoms with van der Waals surface area (Å²) in [6.45, 7) is 2.02. The lowest BCUT2D eigenvalue weighted by Crippen LogP contribution is -2.29. The van der Waals surface area contributed by atoms with Crippen molar-refractivity contribution in [2.45, 2.75) is 12.8 Å². The van der Waals surface area contributed by atoms with Crippen molar-refractivity contribution in [3.8, 4) is 0 Å². The summed E-state index contributed by atoms with van der Waals surface area (Å²) in [5.74, 6) is -0.0515. The van der Waals surface area contributed by atoms with Crippen LogP contribution in [0.3, 0.4) is 0 Å². The van der Waals surface area contributed by atoms with E-state index in [9.17, 15) is 9.59 Å². The predicted octanol–water partition coefficient (Wildman–Crippen LogP) is 1.01. The lowest BCUT2D eigenvalue weighted by molar-refractivity contribution is -0.116. The van der Waals surface area contributed by atoms with Crippen molar-refractivity contribution in [1.82, 2.24) is 10.2 Å². The summed E-state index contributed by atoms with van der Waals surface area (Å²) in [6.07, 6.45) is 1.06. The summed E-state index contributed by atoms with van der Waals surface area (Å²) < 4.78 is 0. The highest BCUT2D eigenvalue weighted by atomic mass is 16.2. The number of rotatable bonds is 5. The van der Waals surface area contributed by atoms with Gasteiger partial charge in [0, 0.05) is 37.4 Å². The lowest BCUT2D eigenvalue weighted by Gasteiger charge is -2.13. The second-order valence-electron chi connectivity index (χ2n) is 4.49. The summed E-state index contributed by atoms with van der Waals surface area (Å²) in [4.78, 5) is 24.7. The molecule has 1 aromatic rings. The van der Waals surface area contributed by atoms with E-state index in [-0.39, 0.29) is 11.9 Å². The van der Waals surface area contributed by atoms with Crippen molar-refractivity contribution in [3.63, 3.8) is 0 Å². The lowest BCUT2D eigenvalue weighted by atomic mass is 10.2. The Kier molecular flexibility index (Phi) is 4.22. The van der Waals surface area contributed by atoms with E-state index < -0.39 is 0 Å². The Bertz CT molecular complexity index is 458. The molecule has 6 nitrogen and oxygen atoms in total. The number of carbonyl (C=O) groups is 2. The number of anilines is 2. The minimum atomic E-state index is -0.0515. The van der Waals surface area contributed by atoms with E-state index >= 15 is 0 Å². The van der Waals surface area contributed by atoms with Crippen LogP contribution in [0.4, 0.5) is 16.2 Å². The number of nitrogens with two attached hydrogens (primary N) is 1. The molecule has 1 fully saturated rings. The molecule has 0 radical (unpaired) electrons. The van der Waals surface area contributed by atoms with E-state index in [1.807, 2.05) is 0 Å². The summed E-state index contributed by atoms with van der Waals surface area (Å²) in [5, 5.41) is 5.52. The van der Waals surface area contributed by atoms with Crippen LogP contribution in [0, 0.1) is 0 Å². The van der Waals surface area contributed by atoms with Gasteiger partial charge in [0.25, 0.3) is 0 Å². The molecular weight excluding hydrogens is 244 g/mol. The number of nitrogen functional groups attached to an aromatic ring is 1. The number of nitrogens with one attached hydrogen (secondary N) is 2. The second kappa shape index (κ2) is 6.08. The van der Waals surface area contributed by atoms with Crippen molar-refractivity contribution >= 4 is 23.3 Å². The molecule has 1 aliphatic rings. The van der Waals surface area contributed by atoms with Gasteiger partial charge >= 0.3 is 6.03 Å². The number of nitrogens with zero attached hydrogens (tertiary/aromatic N) is 1. The summed E-state index contributed by atoms with van der Waals surface area (Å²) in [7, 11) is 0. The fourth-order valence-electron chi connectivity index (χ4n) is 1.94. The van der Waals surface area contributed by atoms with E-state index in [0.29, 0.717) is 31.6 Å². The van der Waals surface area contributed by atoms with Gasteiger partial charge in [-0.1, -0.05) is 0 Å². The maximum Gasteiger partial charge on any atom is 0.317 e. The van der Waals surface area contributed by atoms with Gasteiger partial charge in [-0.3, -0.25) is 4.79 Å². The van der Waals surface area contributed by atoms with Crippen LogP contribution in [0.5, 0.6) is 0 Å². The van der Waals surface area contributed by atoms with Crippen LogP contribution in [-0.4, -0.2) is 36.5 Å². The smallest absolute Gasteiger partial charge is 0.317 e. The molecule has 0 saturated carbocycles. The van der Waals surface area contributed by atoms with Crippen LogP contribution in [0.25, 0.3) is 0 Å². The predicted molar refractivity (Wildman–Crippen MR) is 73.7 cm³/mol. The van der Waals surface area contributed by atoms with Gasteiger partial charge in [0.15, 0.2) is 0 Å². The monoisotopic (exact) mass is 262 g/mol. The summed E-state index contributed by atoms with van der Waals surface area (Å²) >= 11 is 0. The second-order valence-corrected chi connectivity index (χ2v) is 4.49. The minimum Gasteiger partial charge on any atom is -0.399 e. The molecule has 1 aromatic carbocycles. The van der Waals surface area contributed by atoms with Crippen molar-refractivity contribution in [3.05, 3.63) is 24.3 Å². The average Bonchev–Trinajstić information content (AvgIpc) is 2.78. The van der Waals surface area contributed by atoms with Gasteiger partial charge in [-0.25, -0.2) is 4.79 Å². The Morgan fingerprint density at radius 1 is 1.37 bits per heavy atom. The van der Waals surface area contributed by atoms with Crippen molar-refractivity contribution in [2.75, 3.05) is 30.7 Å². The standard InChI is InChI=1S/C13H18N4O2/c14-10-3-5-11(6-4-10)16-12(18)2-1-8-17-9-7-15-13(17)19/h3-6H,1-2,7-9,14H2,(H,15,19)(H,16,18). The maximum atomic E-state index is 11.7. The number of amides is 3. The van der Waals surface area contributed by atoms with E-state index in [0.717, 1.165) is 12.2 Å². The van der Waals surface area contributed by atoms with Crippen LogP contribution >= 0.6 is 0 Å². The van der Waals surface area contributed by atoms with Gasteiger partial charge in [0.1, 0.15) is 0 Å². The molecule has 4 N–H and O–H groups in total. The Labute approximate surface area is 112 Å². The molecule has 0 bridgehead atoms. The number of hydrogen-bond acceptors (Lipinski definition) is 3. The first-order valence-corrected chi connectivity index (χ1v) is 6.33. The van der Waals surface area contributed by atoms with Crippen LogP contribution in [0.2, 0.25) is 0 Å². The molecule has 0 spiro atoms. The summed E-state index contributed by atoms with van der Waals surface area (Å²) in [6, 6.07) is 6.97. The van der Waals surface area contributed by atoms with Gasteiger partial charge in [0.05, 0.1) is 0 Å². The number of benzene rings is 1. The Morgan fingerprint density at radius 3 is 2.74 bits per heavy atom.